The molecule has 0 aliphatic heterocycles. The van der Waals surface area contributed by atoms with E-state index in [1.165, 1.54) is 16.9 Å². The highest BCUT2D eigenvalue weighted by Gasteiger charge is 2.09. The lowest BCUT2D eigenvalue weighted by molar-refractivity contribution is 0.474. The zero-order valence-electron chi connectivity index (χ0n) is 13.9. The van der Waals surface area contributed by atoms with E-state index in [4.69, 9.17) is 15.2 Å². The summed E-state index contributed by atoms with van der Waals surface area (Å²) in [6.07, 6.45) is 5.14. The van der Waals surface area contributed by atoms with Crippen molar-refractivity contribution in [3.63, 3.8) is 0 Å². The molecule has 0 spiro atoms. The topological polar surface area (TPSA) is 57.4 Å². The predicted molar refractivity (Wildman–Crippen MR) is 102 cm³/mol. The average Bonchev–Trinajstić information content (AvgIpc) is 3.06. The highest BCUT2D eigenvalue weighted by molar-refractivity contribution is 7.15. The number of ether oxygens (including phenoxy) is 2. The second-order valence-corrected chi connectivity index (χ2v) is 6.39. The Balaban J connectivity index is 1.67. The third-order valence-corrected chi connectivity index (χ3v) is 4.33. The number of nitrogens with two attached hydrogens (primary N) is 1. The van der Waals surface area contributed by atoms with E-state index >= 15 is 0 Å². The SMILES string of the molecule is C=CCc1ccccc1Oc1ncc(Oc2ccc(CCN)cc2)s1. The molecule has 0 atom stereocenters. The maximum Gasteiger partial charge on any atom is 0.282 e. The smallest absolute Gasteiger partial charge is 0.282 e. The Morgan fingerprint density at radius 3 is 2.64 bits per heavy atom. The van der Waals surface area contributed by atoms with Crippen LogP contribution in [-0.4, -0.2) is 11.5 Å². The van der Waals surface area contributed by atoms with Crippen molar-refractivity contribution in [2.75, 3.05) is 6.54 Å². The second-order valence-electron chi connectivity index (χ2n) is 5.43. The van der Waals surface area contributed by atoms with Crippen molar-refractivity contribution in [1.82, 2.24) is 4.98 Å². The summed E-state index contributed by atoms with van der Waals surface area (Å²) in [7, 11) is 0. The summed E-state index contributed by atoms with van der Waals surface area (Å²) in [4.78, 5) is 4.28. The summed E-state index contributed by atoms with van der Waals surface area (Å²) in [5, 5.41) is 1.23. The van der Waals surface area contributed by atoms with Gasteiger partial charge in [0, 0.05) is 0 Å². The molecule has 0 saturated carbocycles. The minimum atomic E-state index is 0.547. The van der Waals surface area contributed by atoms with Crippen LogP contribution in [0.1, 0.15) is 11.1 Å². The van der Waals surface area contributed by atoms with Crippen LogP contribution in [0.5, 0.6) is 21.8 Å². The van der Waals surface area contributed by atoms with E-state index in [0.717, 1.165) is 29.9 Å². The molecule has 4 nitrogen and oxygen atoms in total. The van der Waals surface area contributed by atoms with E-state index in [2.05, 4.69) is 11.6 Å². The number of hydrogen-bond donors (Lipinski definition) is 1. The van der Waals surface area contributed by atoms with Gasteiger partial charge in [-0.1, -0.05) is 36.4 Å². The number of aromatic nitrogens is 1. The van der Waals surface area contributed by atoms with Gasteiger partial charge in [0.15, 0.2) is 0 Å². The molecule has 0 aliphatic rings. The Morgan fingerprint density at radius 2 is 1.88 bits per heavy atom. The van der Waals surface area contributed by atoms with Gasteiger partial charge in [-0.05, 0) is 60.0 Å². The Hall–Kier alpha value is -2.63. The van der Waals surface area contributed by atoms with E-state index in [0.29, 0.717) is 16.8 Å². The zero-order valence-corrected chi connectivity index (χ0v) is 14.7. The first-order valence-corrected chi connectivity index (χ1v) is 8.89. The quantitative estimate of drug-likeness (QED) is 0.582. The van der Waals surface area contributed by atoms with Gasteiger partial charge >= 0.3 is 0 Å². The number of allylic oxidation sites excluding steroid dienone is 1. The van der Waals surface area contributed by atoms with Gasteiger partial charge in [0.2, 0.25) is 5.06 Å². The van der Waals surface area contributed by atoms with Crippen LogP contribution >= 0.6 is 11.3 Å². The van der Waals surface area contributed by atoms with Gasteiger partial charge < -0.3 is 15.2 Å². The van der Waals surface area contributed by atoms with Gasteiger partial charge in [-0.15, -0.1) is 6.58 Å². The fraction of sp³-hybridized carbons (Fsp3) is 0.150. The van der Waals surface area contributed by atoms with Crippen molar-refractivity contribution >= 4 is 11.3 Å². The van der Waals surface area contributed by atoms with E-state index < -0.39 is 0 Å². The van der Waals surface area contributed by atoms with Crippen LogP contribution in [0.4, 0.5) is 0 Å². The van der Waals surface area contributed by atoms with Crippen molar-refractivity contribution < 1.29 is 9.47 Å². The lowest BCUT2D eigenvalue weighted by Gasteiger charge is -2.06. The van der Waals surface area contributed by atoms with Crippen LogP contribution in [0.2, 0.25) is 0 Å². The van der Waals surface area contributed by atoms with Crippen molar-refractivity contribution in [3.8, 4) is 21.8 Å². The lowest BCUT2D eigenvalue weighted by Crippen LogP contribution is -2.02. The summed E-state index contributed by atoms with van der Waals surface area (Å²) in [6, 6.07) is 15.8. The fourth-order valence-electron chi connectivity index (χ4n) is 2.37. The molecule has 25 heavy (non-hydrogen) atoms. The molecule has 128 valence electrons. The monoisotopic (exact) mass is 352 g/mol. The molecule has 0 saturated heterocycles. The van der Waals surface area contributed by atoms with Gasteiger partial charge in [0.25, 0.3) is 5.19 Å². The van der Waals surface area contributed by atoms with Crippen LogP contribution in [0.3, 0.4) is 0 Å². The molecule has 3 rings (SSSR count). The Labute approximate surface area is 151 Å². The predicted octanol–water partition coefficient (Wildman–Crippen LogP) is 4.96. The molecule has 0 radical (unpaired) electrons. The molecule has 0 bridgehead atoms. The lowest BCUT2D eigenvalue weighted by atomic mass is 10.1. The molecular formula is C20H20N2O2S. The van der Waals surface area contributed by atoms with Gasteiger partial charge in [-0.25, -0.2) is 4.98 Å². The Kier molecular flexibility index (Phi) is 5.82. The molecule has 0 unspecified atom stereocenters. The third-order valence-electron chi connectivity index (χ3n) is 3.57. The molecule has 0 fully saturated rings. The summed E-state index contributed by atoms with van der Waals surface area (Å²) in [6.45, 7) is 4.42. The minimum absolute atomic E-state index is 0.547. The Morgan fingerprint density at radius 1 is 1.08 bits per heavy atom. The van der Waals surface area contributed by atoms with E-state index in [1.54, 1.807) is 6.20 Å². The largest absolute Gasteiger partial charge is 0.445 e. The van der Waals surface area contributed by atoms with Crippen LogP contribution in [0.25, 0.3) is 0 Å². The standard InChI is InChI=1S/C20H20N2O2S/c1-2-5-16-6-3-4-7-18(16)24-20-22-14-19(25-20)23-17-10-8-15(9-11-17)12-13-21/h2-4,6-11,14H,1,5,12-13,21H2. The van der Waals surface area contributed by atoms with Gasteiger partial charge in [0.1, 0.15) is 11.5 Å². The van der Waals surface area contributed by atoms with Gasteiger partial charge in [-0.3, -0.25) is 0 Å². The molecule has 2 N–H and O–H groups in total. The highest BCUT2D eigenvalue weighted by Crippen LogP contribution is 2.35. The average molecular weight is 352 g/mol. The van der Waals surface area contributed by atoms with E-state index in [9.17, 15) is 0 Å². The third kappa shape index (κ3) is 4.68. The summed E-state index contributed by atoms with van der Waals surface area (Å²) in [5.74, 6) is 1.55. The first-order valence-electron chi connectivity index (χ1n) is 8.08. The van der Waals surface area contributed by atoms with Crippen molar-refractivity contribution in [1.29, 1.82) is 0 Å². The van der Waals surface area contributed by atoms with Crippen molar-refractivity contribution in [2.45, 2.75) is 12.8 Å². The molecule has 1 aromatic heterocycles. The number of benzene rings is 2. The number of thiazole rings is 1. The molecule has 1 heterocycles. The molecule has 0 amide bonds. The molecular weight excluding hydrogens is 332 g/mol. The van der Waals surface area contributed by atoms with Gasteiger partial charge in [0.05, 0.1) is 6.20 Å². The second kappa shape index (κ2) is 8.46. The van der Waals surface area contributed by atoms with Crippen molar-refractivity contribution in [2.24, 2.45) is 5.73 Å². The van der Waals surface area contributed by atoms with E-state index in [-0.39, 0.29) is 0 Å². The zero-order chi connectivity index (χ0) is 17.5. The Bertz CT molecular complexity index is 828. The number of nitrogens with zero attached hydrogens (tertiary/aromatic N) is 1. The summed E-state index contributed by atoms with van der Waals surface area (Å²) < 4.78 is 11.7. The van der Waals surface area contributed by atoms with E-state index in [1.807, 2.05) is 54.6 Å². The molecule has 0 aliphatic carbocycles. The maximum atomic E-state index is 5.90. The minimum Gasteiger partial charge on any atom is -0.445 e. The highest BCUT2D eigenvalue weighted by atomic mass is 32.1. The first-order chi connectivity index (χ1) is 12.3. The normalized spacial score (nSPS) is 10.4. The number of para-hydroxylation sites is 1. The van der Waals surface area contributed by atoms with Crippen LogP contribution in [0, 0.1) is 0 Å². The van der Waals surface area contributed by atoms with Crippen LogP contribution < -0.4 is 15.2 Å². The van der Waals surface area contributed by atoms with Crippen LogP contribution in [-0.2, 0) is 12.8 Å². The fourth-order valence-corrected chi connectivity index (χ4v) is 3.02. The molecule has 5 heteroatoms. The summed E-state index contributed by atoms with van der Waals surface area (Å²) >= 11 is 1.36. The number of rotatable bonds is 8. The molecule has 3 aromatic rings. The van der Waals surface area contributed by atoms with Crippen molar-refractivity contribution in [3.05, 3.63) is 78.5 Å². The first kappa shape index (κ1) is 17.2. The van der Waals surface area contributed by atoms with Gasteiger partial charge in [-0.2, -0.15) is 0 Å². The molecule has 2 aromatic carbocycles. The number of hydrogen-bond acceptors (Lipinski definition) is 5. The summed E-state index contributed by atoms with van der Waals surface area (Å²) in [5.41, 5.74) is 7.83. The van der Waals surface area contributed by atoms with Crippen LogP contribution in [0.15, 0.2) is 67.4 Å². The maximum absolute atomic E-state index is 5.90.